The highest BCUT2D eigenvalue weighted by atomic mass is 35.5. The summed E-state index contributed by atoms with van der Waals surface area (Å²) in [5.41, 5.74) is 0.505. The summed E-state index contributed by atoms with van der Waals surface area (Å²) in [4.78, 5) is 12.2. The van der Waals surface area contributed by atoms with Crippen molar-refractivity contribution in [1.29, 1.82) is 0 Å². The van der Waals surface area contributed by atoms with Crippen molar-refractivity contribution in [2.24, 2.45) is 0 Å². The van der Waals surface area contributed by atoms with E-state index in [2.05, 4.69) is 0 Å². The smallest absolute Gasteiger partial charge is 0.203 e. The highest BCUT2D eigenvalue weighted by Gasteiger charge is 2.17. The molecule has 0 amide bonds. The van der Waals surface area contributed by atoms with Crippen molar-refractivity contribution in [3.05, 3.63) is 63.1 Å². The Hall–Kier alpha value is -1.22. The van der Waals surface area contributed by atoms with Gasteiger partial charge in [-0.1, -0.05) is 46.9 Å². The van der Waals surface area contributed by atoms with Crippen LogP contribution in [0.5, 0.6) is 5.75 Å². The molecule has 0 aliphatic carbocycles. The Bertz CT molecular complexity index is 641. The Morgan fingerprint density at radius 1 is 1.05 bits per heavy atom. The van der Waals surface area contributed by atoms with Gasteiger partial charge in [0.25, 0.3) is 0 Å². The third kappa shape index (κ3) is 3.66. The number of Topliss-reactive ketones (excluding diaryl/α,β-unsaturated/α-hetero) is 1. The summed E-state index contributed by atoms with van der Waals surface area (Å²) in [5.74, 6) is 0.334. The van der Waals surface area contributed by atoms with Gasteiger partial charge >= 0.3 is 0 Å². The van der Waals surface area contributed by atoms with Gasteiger partial charge in [-0.25, -0.2) is 0 Å². The molecule has 20 heavy (non-hydrogen) atoms. The number of hydrogen-bond donors (Lipinski definition) is 0. The van der Waals surface area contributed by atoms with E-state index >= 15 is 0 Å². The number of benzene rings is 2. The first-order chi connectivity index (χ1) is 9.47. The van der Waals surface area contributed by atoms with Crippen molar-refractivity contribution >= 4 is 40.6 Å². The lowest BCUT2D eigenvalue weighted by molar-refractivity contribution is 0.0818. The van der Waals surface area contributed by atoms with Gasteiger partial charge in [0.05, 0.1) is 10.0 Å². The van der Waals surface area contributed by atoms with E-state index in [0.29, 0.717) is 26.4 Å². The lowest BCUT2D eigenvalue weighted by atomic mass is 10.1. The van der Waals surface area contributed by atoms with Crippen molar-refractivity contribution in [2.45, 2.75) is 13.0 Å². The maximum absolute atomic E-state index is 12.2. The van der Waals surface area contributed by atoms with E-state index in [1.165, 1.54) is 0 Å². The summed E-state index contributed by atoms with van der Waals surface area (Å²) in [5, 5.41) is 1.33. The molecule has 0 radical (unpaired) electrons. The molecule has 0 spiro atoms. The molecule has 0 aliphatic heterocycles. The summed E-state index contributed by atoms with van der Waals surface area (Å²) in [6, 6.07) is 11.6. The van der Waals surface area contributed by atoms with Crippen LogP contribution in [0.25, 0.3) is 0 Å². The number of rotatable bonds is 4. The third-order valence-corrected chi connectivity index (χ3v) is 3.66. The van der Waals surface area contributed by atoms with Crippen molar-refractivity contribution in [1.82, 2.24) is 0 Å². The predicted molar refractivity (Wildman–Crippen MR) is 82.3 cm³/mol. The largest absolute Gasteiger partial charge is 0.483 e. The average molecular weight is 330 g/mol. The van der Waals surface area contributed by atoms with Crippen LogP contribution in [0.15, 0.2) is 42.5 Å². The van der Waals surface area contributed by atoms with E-state index in [1.807, 2.05) is 0 Å². The first-order valence-corrected chi connectivity index (χ1v) is 7.02. The van der Waals surface area contributed by atoms with Gasteiger partial charge < -0.3 is 4.74 Å². The summed E-state index contributed by atoms with van der Waals surface area (Å²) >= 11 is 17.6. The summed E-state index contributed by atoms with van der Waals surface area (Å²) in [6.45, 7) is 1.67. The van der Waals surface area contributed by atoms with E-state index in [1.54, 1.807) is 49.4 Å². The van der Waals surface area contributed by atoms with Crippen LogP contribution < -0.4 is 4.74 Å². The fourth-order valence-electron chi connectivity index (χ4n) is 1.68. The molecule has 0 bridgehead atoms. The van der Waals surface area contributed by atoms with Crippen molar-refractivity contribution in [2.75, 3.05) is 0 Å². The second-order valence-corrected chi connectivity index (χ2v) is 5.46. The van der Waals surface area contributed by atoms with Crippen LogP contribution in [-0.4, -0.2) is 11.9 Å². The molecule has 1 unspecified atom stereocenters. The Balaban J connectivity index is 2.13. The molecule has 0 saturated heterocycles. The molecular formula is C15H11Cl3O2. The van der Waals surface area contributed by atoms with Gasteiger partial charge in [-0.3, -0.25) is 4.79 Å². The van der Waals surface area contributed by atoms with Crippen LogP contribution in [0.2, 0.25) is 15.1 Å². The van der Waals surface area contributed by atoms with Crippen molar-refractivity contribution in [3.8, 4) is 5.75 Å². The van der Waals surface area contributed by atoms with Crippen LogP contribution in [0.4, 0.5) is 0 Å². The van der Waals surface area contributed by atoms with Crippen LogP contribution in [0.1, 0.15) is 17.3 Å². The first kappa shape index (κ1) is 15.2. The molecule has 0 aromatic heterocycles. The second-order valence-electron chi connectivity index (χ2n) is 4.21. The minimum Gasteiger partial charge on any atom is -0.483 e. The van der Waals surface area contributed by atoms with Gasteiger partial charge in [-0.2, -0.15) is 0 Å². The predicted octanol–water partition coefficient (Wildman–Crippen LogP) is 5.30. The van der Waals surface area contributed by atoms with Gasteiger partial charge in [0.2, 0.25) is 5.78 Å². The molecule has 2 rings (SSSR count). The lowest BCUT2D eigenvalue weighted by Gasteiger charge is -2.14. The zero-order chi connectivity index (χ0) is 14.7. The van der Waals surface area contributed by atoms with E-state index in [0.717, 1.165) is 0 Å². The number of hydrogen-bond acceptors (Lipinski definition) is 2. The molecular weight excluding hydrogens is 319 g/mol. The zero-order valence-corrected chi connectivity index (χ0v) is 12.8. The summed E-state index contributed by atoms with van der Waals surface area (Å²) < 4.78 is 5.57. The quantitative estimate of drug-likeness (QED) is 0.712. The van der Waals surface area contributed by atoms with Gasteiger partial charge in [-0.05, 0) is 31.2 Å². The van der Waals surface area contributed by atoms with Gasteiger partial charge in [0.1, 0.15) is 5.75 Å². The summed E-state index contributed by atoms with van der Waals surface area (Å²) in [7, 11) is 0. The molecule has 0 aliphatic rings. The van der Waals surface area contributed by atoms with E-state index in [4.69, 9.17) is 39.5 Å². The van der Waals surface area contributed by atoms with Crippen molar-refractivity contribution < 1.29 is 9.53 Å². The Kier molecular flexibility index (Phi) is 4.92. The Labute approximate surface area is 132 Å². The van der Waals surface area contributed by atoms with E-state index < -0.39 is 6.10 Å². The number of carbonyl (C=O) groups excluding carboxylic acids is 1. The number of ether oxygens (including phenoxy) is 1. The van der Waals surface area contributed by atoms with E-state index in [9.17, 15) is 4.79 Å². The van der Waals surface area contributed by atoms with Crippen LogP contribution in [-0.2, 0) is 0 Å². The highest BCUT2D eigenvalue weighted by molar-refractivity contribution is 6.42. The van der Waals surface area contributed by atoms with Gasteiger partial charge in [-0.15, -0.1) is 0 Å². The Morgan fingerprint density at radius 3 is 2.45 bits per heavy atom. The highest BCUT2D eigenvalue weighted by Crippen LogP contribution is 2.27. The number of ketones is 1. The first-order valence-electron chi connectivity index (χ1n) is 5.89. The van der Waals surface area contributed by atoms with E-state index in [-0.39, 0.29) is 5.78 Å². The molecule has 5 heteroatoms. The minimum absolute atomic E-state index is 0.154. The molecule has 0 heterocycles. The van der Waals surface area contributed by atoms with Crippen LogP contribution >= 0.6 is 34.8 Å². The lowest BCUT2D eigenvalue weighted by Crippen LogP contribution is -2.23. The summed E-state index contributed by atoms with van der Waals surface area (Å²) in [6.07, 6.45) is -0.647. The molecule has 1 atom stereocenters. The molecule has 2 aromatic carbocycles. The normalized spacial score (nSPS) is 12.0. The SMILES string of the molecule is CC(Oc1ccc(Cl)c(Cl)c1)C(=O)c1cccc(Cl)c1. The molecule has 2 aromatic rings. The molecule has 0 saturated carbocycles. The van der Waals surface area contributed by atoms with Crippen LogP contribution in [0, 0.1) is 0 Å². The van der Waals surface area contributed by atoms with Crippen LogP contribution in [0.3, 0.4) is 0 Å². The maximum atomic E-state index is 12.2. The average Bonchev–Trinajstić information content (AvgIpc) is 2.42. The molecule has 2 nitrogen and oxygen atoms in total. The fourth-order valence-corrected chi connectivity index (χ4v) is 2.16. The van der Waals surface area contributed by atoms with Gasteiger partial charge in [0.15, 0.2) is 6.10 Å². The fraction of sp³-hybridized carbons (Fsp3) is 0.133. The molecule has 0 N–H and O–H groups in total. The maximum Gasteiger partial charge on any atom is 0.203 e. The topological polar surface area (TPSA) is 26.3 Å². The van der Waals surface area contributed by atoms with Crippen molar-refractivity contribution in [3.63, 3.8) is 0 Å². The minimum atomic E-state index is -0.647. The number of halogens is 3. The zero-order valence-electron chi connectivity index (χ0n) is 10.6. The second kappa shape index (κ2) is 6.49. The molecule has 0 fully saturated rings. The number of carbonyl (C=O) groups is 1. The monoisotopic (exact) mass is 328 g/mol. The standard InChI is InChI=1S/C15H11Cl3O2/c1-9(15(19)10-3-2-4-11(16)7-10)20-12-5-6-13(17)14(18)8-12/h2-9H,1H3. The Morgan fingerprint density at radius 2 is 1.80 bits per heavy atom. The molecule has 104 valence electrons. The third-order valence-electron chi connectivity index (χ3n) is 2.68. The van der Waals surface area contributed by atoms with Gasteiger partial charge in [0, 0.05) is 16.7 Å².